The van der Waals surface area contributed by atoms with Gasteiger partial charge < -0.3 is 14.9 Å². The second kappa shape index (κ2) is 36.8. The molecule has 3 N–H and O–H groups in total. The maximum absolute atomic E-state index is 10.7. The lowest BCUT2D eigenvalue weighted by Gasteiger charge is -2.04. The van der Waals surface area contributed by atoms with Crippen LogP contribution in [0.25, 0.3) is 0 Å². The Bertz CT molecular complexity index is 563. The molecular formula is C36H75O5P. The average Bonchev–Trinajstić information content (AvgIpc) is 2.94. The number of aliphatic carboxylic acids is 1. The summed E-state index contributed by atoms with van der Waals surface area (Å²) in [5.41, 5.74) is 0. The van der Waals surface area contributed by atoms with Crippen molar-refractivity contribution in [3.05, 3.63) is 0 Å². The van der Waals surface area contributed by atoms with Gasteiger partial charge in [-0.1, -0.05) is 200 Å². The van der Waals surface area contributed by atoms with E-state index in [9.17, 15) is 9.36 Å². The Labute approximate surface area is 263 Å². The Morgan fingerprint density at radius 3 is 0.833 bits per heavy atom. The number of hydrogen-bond donors (Lipinski definition) is 3. The minimum atomic E-state index is -3.75. The van der Waals surface area contributed by atoms with Gasteiger partial charge in [0.05, 0.1) is 0 Å². The highest BCUT2D eigenvalue weighted by Crippen LogP contribution is 2.35. The van der Waals surface area contributed by atoms with Crippen LogP contribution >= 0.6 is 7.60 Å². The van der Waals surface area contributed by atoms with Gasteiger partial charge in [-0.2, -0.15) is 0 Å². The first-order chi connectivity index (χ1) is 20.3. The molecule has 0 aliphatic carbocycles. The number of carboxylic acids is 1. The molecule has 0 bridgehead atoms. The van der Waals surface area contributed by atoms with Gasteiger partial charge in [0.2, 0.25) is 0 Å². The number of hydrogen-bond acceptors (Lipinski definition) is 2. The Balaban J connectivity index is 0. The standard InChI is InChI=1S/C18H39O3P.C18H36O2/c1-2-3-4-5-6-7-8-9-10-11-12-13-14-15-16-17-18-22(19,20)21;1-2-3-4-5-6-7-8-9-10-11-12-13-14-15-16-17-18(19)20/h2-18H2,1H3,(H2,19,20,21);2-17H2,1H3,(H,19,20). The molecule has 0 aromatic carbocycles. The highest BCUT2D eigenvalue weighted by atomic mass is 31.2. The van der Waals surface area contributed by atoms with Crippen LogP contribution in [0.3, 0.4) is 0 Å². The molecule has 6 heteroatoms. The number of carbonyl (C=O) groups is 1. The summed E-state index contributed by atoms with van der Waals surface area (Å²) in [7, 11) is -3.75. The van der Waals surface area contributed by atoms with Gasteiger partial charge in [0.15, 0.2) is 0 Å². The van der Waals surface area contributed by atoms with Crippen LogP contribution in [0.4, 0.5) is 0 Å². The van der Waals surface area contributed by atoms with E-state index in [1.165, 1.54) is 167 Å². The fourth-order valence-corrected chi connectivity index (χ4v) is 6.15. The molecule has 0 saturated carbocycles. The topological polar surface area (TPSA) is 94.8 Å². The molecule has 254 valence electrons. The monoisotopic (exact) mass is 619 g/mol. The lowest BCUT2D eigenvalue weighted by molar-refractivity contribution is -0.137. The Morgan fingerprint density at radius 2 is 0.619 bits per heavy atom. The van der Waals surface area contributed by atoms with E-state index < -0.39 is 13.6 Å². The summed E-state index contributed by atoms with van der Waals surface area (Å²) in [6.07, 6.45) is 40.8. The van der Waals surface area contributed by atoms with E-state index >= 15 is 0 Å². The zero-order valence-electron chi connectivity index (χ0n) is 28.4. The molecule has 0 radical (unpaired) electrons. The quantitative estimate of drug-likeness (QED) is 0.0502. The maximum Gasteiger partial charge on any atom is 0.325 e. The van der Waals surface area contributed by atoms with E-state index in [0.717, 1.165) is 25.7 Å². The Morgan fingerprint density at radius 1 is 0.405 bits per heavy atom. The lowest BCUT2D eigenvalue weighted by atomic mass is 10.0. The van der Waals surface area contributed by atoms with Gasteiger partial charge in [-0.3, -0.25) is 9.36 Å². The van der Waals surface area contributed by atoms with Crippen LogP contribution in [0.2, 0.25) is 0 Å². The second-order valence-corrected chi connectivity index (χ2v) is 14.6. The second-order valence-electron chi connectivity index (χ2n) is 12.8. The predicted molar refractivity (Wildman–Crippen MR) is 184 cm³/mol. The summed E-state index contributed by atoms with van der Waals surface area (Å²) in [6, 6.07) is 0. The highest BCUT2D eigenvalue weighted by Gasteiger charge is 2.10. The van der Waals surface area contributed by atoms with Gasteiger partial charge in [-0.05, 0) is 12.8 Å². The molecule has 0 aromatic heterocycles. The molecule has 0 amide bonds. The third-order valence-corrected chi connectivity index (χ3v) is 9.20. The molecule has 0 aliphatic rings. The number of rotatable bonds is 33. The largest absolute Gasteiger partial charge is 0.481 e. The molecule has 0 unspecified atom stereocenters. The van der Waals surface area contributed by atoms with Crippen molar-refractivity contribution in [2.45, 2.75) is 219 Å². The van der Waals surface area contributed by atoms with Crippen molar-refractivity contribution >= 4 is 13.6 Å². The zero-order chi connectivity index (χ0) is 31.4. The molecular weight excluding hydrogens is 543 g/mol. The van der Waals surface area contributed by atoms with E-state index in [1.807, 2.05) is 0 Å². The van der Waals surface area contributed by atoms with Crippen LogP contribution in [-0.2, 0) is 9.36 Å². The van der Waals surface area contributed by atoms with Crippen LogP contribution in [0.1, 0.15) is 219 Å². The van der Waals surface area contributed by atoms with Crippen molar-refractivity contribution in [1.29, 1.82) is 0 Å². The van der Waals surface area contributed by atoms with Crippen LogP contribution in [0, 0.1) is 0 Å². The summed E-state index contributed by atoms with van der Waals surface area (Å²) in [4.78, 5) is 27.8. The Hall–Kier alpha value is -0.380. The van der Waals surface area contributed by atoms with E-state index in [0.29, 0.717) is 12.8 Å². The molecule has 0 spiro atoms. The normalized spacial score (nSPS) is 11.4. The zero-order valence-corrected chi connectivity index (χ0v) is 29.3. The van der Waals surface area contributed by atoms with Crippen molar-refractivity contribution in [2.24, 2.45) is 0 Å². The van der Waals surface area contributed by atoms with E-state index in [-0.39, 0.29) is 6.16 Å². The molecule has 0 rings (SSSR count). The van der Waals surface area contributed by atoms with E-state index in [4.69, 9.17) is 14.9 Å². The molecule has 0 atom stereocenters. The Kier molecular flexibility index (Phi) is 38.3. The van der Waals surface area contributed by atoms with Crippen LogP contribution in [-0.4, -0.2) is 27.0 Å². The first kappa shape index (κ1) is 43.7. The summed E-state index contributed by atoms with van der Waals surface area (Å²) < 4.78 is 10.7. The molecule has 0 aromatic rings. The molecule has 0 aliphatic heterocycles. The van der Waals surface area contributed by atoms with Crippen molar-refractivity contribution in [3.63, 3.8) is 0 Å². The summed E-state index contributed by atoms with van der Waals surface area (Å²) in [5, 5.41) is 8.52. The fourth-order valence-electron chi connectivity index (χ4n) is 5.51. The predicted octanol–water partition coefficient (Wildman–Crippen LogP) is 12.8. The maximum atomic E-state index is 10.7. The van der Waals surface area contributed by atoms with Gasteiger partial charge >= 0.3 is 13.6 Å². The van der Waals surface area contributed by atoms with E-state index in [2.05, 4.69) is 13.8 Å². The van der Waals surface area contributed by atoms with Gasteiger partial charge in [-0.25, -0.2) is 0 Å². The number of unbranched alkanes of at least 4 members (excludes halogenated alkanes) is 29. The lowest BCUT2D eigenvalue weighted by Crippen LogP contribution is -1.93. The van der Waals surface area contributed by atoms with Gasteiger partial charge in [0.25, 0.3) is 0 Å². The van der Waals surface area contributed by atoms with Crippen LogP contribution in [0.5, 0.6) is 0 Å². The first-order valence-electron chi connectivity index (χ1n) is 18.6. The fraction of sp³-hybridized carbons (Fsp3) is 0.972. The van der Waals surface area contributed by atoms with Crippen LogP contribution < -0.4 is 0 Å². The molecule has 0 fully saturated rings. The molecule has 0 heterocycles. The van der Waals surface area contributed by atoms with Crippen molar-refractivity contribution in [2.75, 3.05) is 6.16 Å². The molecule has 42 heavy (non-hydrogen) atoms. The molecule has 0 saturated heterocycles. The number of carboxylic acid groups (broad SMARTS) is 1. The first-order valence-corrected chi connectivity index (χ1v) is 20.4. The summed E-state index contributed by atoms with van der Waals surface area (Å²) in [6.45, 7) is 4.54. The summed E-state index contributed by atoms with van der Waals surface area (Å²) >= 11 is 0. The van der Waals surface area contributed by atoms with Gasteiger partial charge in [-0.15, -0.1) is 0 Å². The highest BCUT2D eigenvalue weighted by molar-refractivity contribution is 7.51. The van der Waals surface area contributed by atoms with E-state index in [1.54, 1.807) is 0 Å². The molecule has 5 nitrogen and oxygen atoms in total. The van der Waals surface area contributed by atoms with Gasteiger partial charge in [0.1, 0.15) is 0 Å². The summed E-state index contributed by atoms with van der Waals surface area (Å²) in [5.74, 6) is -0.653. The average molecular weight is 619 g/mol. The minimum absolute atomic E-state index is 0.0610. The minimum Gasteiger partial charge on any atom is -0.481 e. The SMILES string of the molecule is CCCCCCCCCCCCCCCCCC(=O)O.CCCCCCCCCCCCCCCCCCP(=O)(O)O. The third-order valence-electron chi connectivity index (χ3n) is 8.30. The van der Waals surface area contributed by atoms with Crippen molar-refractivity contribution < 1.29 is 24.3 Å². The third kappa shape index (κ3) is 46.6. The van der Waals surface area contributed by atoms with Gasteiger partial charge in [0, 0.05) is 12.6 Å². The smallest absolute Gasteiger partial charge is 0.325 e. The van der Waals surface area contributed by atoms with Crippen LogP contribution in [0.15, 0.2) is 0 Å². The van der Waals surface area contributed by atoms with Crippen molar-refractivity contribution in [3.8, 4) is 0 Å². The van der Waals surface area contributed by atoms with Crippen molar-refractivity contribution in [1.82, 2.24) is 0 Å².